The van der Waals surface area contributed by atoms with Crippen molar-refractivity contribution in [1.82, 2.24) is 14.5 Å². The minimum atomic E-state index is 0.104. The summed E-state index contributed by atoms with van der Waals surface area (Å²) in [5, 5.41) is 0. The fraction of sp³-hybridized carbons (Fsp3) is 0.263. The number of ether oxygens (including phenoxy) is 2. The molecule has 0 aliphatic carbocycles. The molecule has 2 aromatic heterocycles. The van der Waals surface area contributed by atoms with E-state index in [1.54, 1.807) is 26.6 Å². The van der Waals surface area contributed by atoms with Crippen molar-refractivity contribution >= 4 is 0 Å². The number of pyridine rings is 1. The summed E-state index contributed by atoms with van der Waals surface area (Å²) in [5.41, 5.74) is 3.12. The Morgan fingerprint density at radius 1 is 1.12 bits per heavy atom. The number of nitrogens with zero attached hydrogens (tertiary/aromatic N) is 3. The summed E-state index contributed by atoms with van der Waals surface area (Å²) in [7, 11) is 3.29. The average Bonchev–Trinajstić information content (AvgIpc) is 3.10. The lowest BCUT2D eigenvalue weighted by atomic mass is 10.1. The smallest absolute Gasteiger partial charge is 0.171 e. The number of aromatic nitrogens is 3. The third kappa shape index (κ3) is 2.85. The first-order valence-electron chi connectivity index (χ1n) is 7.81. The Morgan fingerprint density at radius 2 is 1.96 bits per heavy atom. The molecule has 3 aromatic rings. The minimum Gasteiger partial charge on any atom is -0.493 e. The van der Waals surface area contributed by atoms with E-state index in [1.165, 1.54) is 0 Å². The maximum Gasteiger partial charge on any atom is 0.171 e. The van der Waals surface area contributed by atoms with Crippen molar-refractivity contribution in [3.05, 3.63) is 60.2 Å². The van der Waals surface area contributed by atoms with Gasteiger partial charge in [0.25, 0.3) is 0 Å². The molecule has 2 heterocycles. The fourth-order valence-corrected chi connectivity index (χ4v) is 2.89. The topological polar surface area (TPSA) is 49.2 Å². The second-order valence-corrected chi connectivity index (χ2v) is 5.67. The van der Waals surface area contributed by atoms with Gasteiger partial charge in [0, 0.05) is 24.8 Å². The van der Waals surface area contributed by atoms with Crippen LogP contribution in [0.1, 0.15) is 24.1 Å². The Morgan fingerprint density at radius 3 is 2.62 bits per heavy atom. The van der Waals surface area contributed by atoms with Crippen LogP contribution in [-0.2, 0) is 0 Å². The molecule has 5 heteroatoms. The van der Waals surface area contributed by atoms with Gasteiger partial charge in [0.1, 0.15) is 5.82 Å². The predicted octanol–water partition coefficient (Wildman–Crippen LogP) is 3.88. The van der Waals surface area contributed by atoms with Crippen molar-refractivity contribution in [2.45, 2.75) is 19.9 Å². The van der Waals surface area contributed by atoms with Crippen LogP contribution in [0.15, 0.2) is 49.1 Å². The largest absolute Gasteiger partial charge is 0.493 e. The number of rotatable bonds is 5. The molecular weight excluding hydrogens is 302 g/mol. The SMILES string of the molecule is COc1cc(C)cc(-c2nccn2C(C)c2cccnc2)c1OC. The monoisotopic (exact) mass is 323 g/mol. The zero-order valence-electron chi connectivity index (χ0n) is 14.4. The summed E-state index contributed by atoms with van der Waals surface area (Å²) < 4.78 is 13.2. The maximum absolute atomic E-state index is 5.60. The predicted molar refractivity (Wildman–Crippen MR) is 93.6 cm³/mol. The number of benzene rings is 1. The highest BCUT2D eigenvalue weighted by atomic mass is 16.5. The van der Waals surface area contributed by atoms with Crippen molar-refractivity contribution in [2.24, 2.45) is 0 Å². The van der Waals surface area contributed by atoms with Gasteiger partial charge in [-0.1, -0.05) is 6.07 Å². The lowest BCUT2D eigenvalue weighted by Crippen LogP contribution is -2.08. The van der Waals surface area contributed by atoms with E-state index in [0.717, 1.165) is 22.5 Å². The number of hydrogen-bond acceptors (Lipinski definition) is 4. The number of methoxy groups -OCH3 is 2. The van der Waals surface area contributed by atoms with Crippen molar-refractivity contribution < 1.29 is 9.47 Å². The van der Waals surface area contributed by atoms with Crippen LogP contribution in [0, 0.1) is 6.92 Å². The van der Waals surface area contributed by atoms with E-state index in [2.05, 4.69) is 33.6 Å². The summed E-state index contributed by atoms with van der Waals surface area (Å²) >= 11 is 0. The number of imidazole rings is 1. The first-order chi connectivity index (χ1) is 11.7. The quantitative estimate of drug-likeness (QED) is 0.715. The molecule has 3 rings (SSSR count). The van der Waals surface area contributed by atoms with E-state index in [1.807, 2.05) is 31.5 Å². The Labute approximate surface area is 141 Å². The summed E-state index contributed by atoms with van der Waals surface area (Å²) in [4.78, 5) is 8.78. The highest BCUT2D eigenvalue weighted by Crippen LogP contribution is 2.39. The first kappa shape index (κ1) is 16.1. The summed E-state index contributed by atoms with van der Waals surface area (Å²) in [6, 6.07) is 8.14. The van der Waals surface area contributed by atoms with Crippen LogP contribution < -0.4 is 9.47 Å². The third-order valence-corrected chi connectivity index (χ3v) is 4.12. The van der Waals surface area contributed by atoms with E-state index < -0.39 is 0 Å². The second-order valence-electron chi connectivity index (χ2n) is 5.67. The van der Waals surface area contributed by atoms with Gasteiger partial charge in [-0.05, 0) is 43.2 Å². The molecular formula is C19H21N3O2. The normalized spacial score (nSPS) is 12.0. The molecule has 0 fully saturated rings. The van der Waals surface area contributed by atoms with E-state index in [-0.39, 0.29) is 6.04 Å². The van der Waals surface area contributed by atoms with Crippen LogP contribution >= 0.6 is 0 Å². The highest BCUT2D eigenvalue weighted by molar-refractivity contribution is 5.70. The third-order valence-electron chi connectivity index (χ3n) is 4.12. The number of hydrogen-bond donors (Lipinski definition) is 0. The van der Waals surface area contributed by atoms with Gasteiger partial charge in [0.05, 0.1) is 25.8 Å². The van der Waals surface area contributed by atoms with Gasteiger partial charge in [-0.15, -0.1) is 0 Å². The van der Waals surface area contributed by atoms with Crippen molar-refractivity contribution in [2.75, 3.05) is 14.2 Å². The summed E-state index contributed by atoms with van der Waals surface area (Å²) in [5.74, 6) is 2.23. The molecule has 0 saturated carbocycles. The van der Waals surface area contributed by atoms with Gasteiger partial charge in [-0.25, -0.2) is 4.98 Å². The summed E-state index contributed by atoms with van der Waals surface area (Å²) in [6.07, 6.45) is 7.43. The van der Waals surface area contributed by atoms with E-state index in [0.29, 0.717) is 11.5 Å². The molecule has 1 aromatic carbocycles. The van der Waals surface area contributed by atoms with Gasteiger partial charge >= 0.3 is 0 Å². The molecule has 0 bridgehead atoms. The van der Waals surface area contributed by atoms with E-state index in [9.17, 15) is 0 Å². The zero-order chi connectivity index (χ0) is 17.1. The second kappa shape index (κ2) is 6.74. The zero-order valence-corrected chi connectivity index (χ0v) is 14.4. The highest BCUT2D eigenvalue weighted by Gasteiger charge is 2.19. The Balaban J connectivity index is 2.13. The molecule has 0 amide bonds. The molecule has 5 nitrogen and oxygen atoms in total. The molecule has 0 aliphatic rings. The van der Waals surface area contributed by atoms with Crippen LogP contribution in [0.3, 0.4) is 0 Å². The van der Waals surface area contributed by atoms with Crippen LogP contribution in [0.2, 0.25) is 0 Å². The van der Waals surface area contributed by atoms with Crippen LogP contribution in [-0.4, -0.2) is 28.8 Å². The molecule has 1 unspecified atom stereocenters. The Hall–Kier alpha value is -2.82. The Bertz CT molecular complexity index is 828. The van der Waals surface area contributed by atoms with Gasteiger partial charge in [0.15, 0.2) is 11.5 Å². The van der Waals surface area contributed by atoms with Crippen molar-refractivity contribution in [3.63, 3.8) is 0 Å². The van der Waals surface area contributed by atoms with Crippen LogP contribution in [0.25, 0.3) is 11.4 Å². The molecule has 0 N–H and O–H groups in total. The van der Waals surface area contributed by atoms with Gasteiger partial charge in [-0.3, -0.25) is 4.98 Å². The van der Waals surface area contributed by atoms with Crippen molar-refractivity contribution in [1.29, 1.82) is 0 Å². The maximum atomic E-state index is 5.60. The molecule has 0 aliphatic heterocycles. The number of aryl methyl sites for hydroxylation is 1. The van der Waals surface area contributed by atoms with Gasteiger partial charge < -0.3 is 14.0 Å². The van der Waals surface area contributed by atoms with E-state index >= 15 is 0 Å². The van der Waals surface area contributed by atoms with Gasteiger partial charge in [-0.2, -0.15) is 0 Å². The molecule has 0 saturated heterocycles. The van der Waals surface area contributed by atoms with E-state index in [4.69, 9.17) is 9.47 Å². The molecule has 0 radical (unpaired) electrons. The molecule has 0 spiro atoms. The van der Waals surface area contributed by atoms with Crippen molar-refractivity contribution in [3.8, 4) is 22.9 Å². The first-order valence-corrected chi connectivity index (χ1v) is 7.81. The van der Waals surface area contributed by atoms with Crippen LogP contribution in [0.5, 0.6) is 11.5 Å². The summed E-state index contributed by atoms with van der Waals surface area (Å²) in [6.45, 7) is 4.16. The Kier molecular flexibility index (Phi) is 4.51. The molecule has 1 atom stereocenters. The lowest BCUT2D eigenvalue weighted by molar-refractivity contribution is 0.355. The van der Waals surface area contributed by atoms with Gasteiger partial charge in [0.2, 0.25) is 0 Å². The fourth-order valence-electron chi connectivity index (χ4n) is 2.89. The standard InChI is InChI=1S/C19H21N3O2/c1-13-10-16(18(24-4)17(11-13)23-3)19-21-8-9-22(19)14(2)15-6-5-7-20-12-15/h5-12,14H,1-4H3. The average molecular weight is 323 g/mol. The molecule has 124 valence electrons. The lowest BCUT2D eigenvalue weighted by Gasteiger charge is -2.19. The van der Waals surface area contributed by atoms with Crippen LogP contribution in [0.4, 0.5) is 0 Å². The molecule has 24 heavy (non-hydrogen) atoms. The minimum absolute atomic E-state index is 0.104.